The number of nitrogens with two attached hydrogens (primary N) is 1. The van der Waals surface area contributed by atoms with Crippen molar-refractivity contribution < 1.29 is 22.0 Å². The van der Waals surface area contributed by atoms with Gasteiger partial charge < -0.3 is 15.6 Å². The maximum Gasteiger partial charge on any atom is 0.282 e. The van der Waals surface area contributed by atoms with E-state index in [-0.39, 0.29) is 34.6 Å². The molecule has 11 heteroatoms. The molecule has 1 saturated carbocycles. The molecule has 3 rings (SSSR count). The number of aromatic nitrogens is 2. The van der Waals surface area contributed by atoms with Crippen molar-refractivity contribution in [3.05, 3.63) is 35.8 Å². The third-order valence-electron chi connectivity index (χ3n) is 6.27. The molecule has 36 heavy (non-hydrogen) atoms. The Bertz CT molecular complexity index is 1270. The lowest BCUT2D eigenvalue weighted by Crippen LogP contribution is -2.28. The molecule has 1 aromatic carbocycles. The molecule has 1 amide bonds. The lowest BCUT2D eigenvalue weighted by molar-refractivity contribution is -0.116. The molecule has 1 aliphatic rings. The molecule has 0 atom stereocenters. The Balaban J connectivity index is 1.92. The number of sulfonamides is 1. The van der Waals surface area contributed by atoms with E-state index in [1.54, 1.807) is 6.07 Å². The lowest BCUT2D eigenvalue weighted by Gasteiger charge is -2.30. The summed E-state index contributed by atoms with van der Waals surface area (Å²) in [5, 5.41) is 2.62. The Labute approximate surface area is 211 Å². The summed E-state index contributed by atoms with van der Waals surface area (Å²) >= 11 is 0. The van der Waals surface area contributed by atoms with Gasteiger partial charge in [0, 0.05) is 37.5 Å². The minimum atomic E-state index is -4.13. The van der Waals surface area contributed by atoms with Crippen LogP contribution in [0.2, 0.25) is 0 Å². The number of hydrogen-bond donors (Lipinski definition) is 2. The van der Waals surface area contributed by atoms with Gasteiger partial charge in [0.15, 0.2) is 0 Å². The number of carbonyl (C=O) groups excluding carboxylic acids is 1. The summed E-state index contributed by atoms with van der Waals surface area (Å²) in [6.45, 7) is 8.88. The first-order valence-electron chi connectivity index (χ1n) is 12.2. The number of halogens is 2. The van der Waals surface area contributed by atoms with E-state index in [0.717, 1.165) is 30.2 Å². The predicted molar refractivity (Wildman–Crippen MR) is 137 cm³/mol. The Morgan fingerprint density at radius 2 is 1.97 bits per heavy atom. The highest BCUT2D eigenvalue weighted by Crippen LogP contribution is 2.38. The minimum absolute atomic E-state index is 0.0644. The Kier molecular flexibility index (Phi) is 8.22. The maximum atomic E-state index is 13.6. The third-order valence-corrected chi connectivity index (χ3v) is 7.51. The van der Waals surface area contributed by atoms with E-state index in [2.05, 4.69) is 9.71 Å². The van der Waals surface area contributed by atoms with Crippen LogP contribution in [-0.4, -0.2) is 42.6 Å². The smallest absolute Gasteiger partial charge is 0.282 e. The van der Waals surface area contributed by atoms with Crippen molar-refractivity contribution in [1.82, 2.24) is 14.9 Å². The topological polar surface area (TPSA) is 119 Å². The number of nitrogens with one attached hydrogen (secondary N) is 1. The van der Waals surface area contributed by atoms with Crippen LogP contribution in [0.3, 0.4) is 0 Å². The number of nitrogens with zero attached hydrogens (tertiary/aromatic N) is 3. The van der Waals surface area contributed by atoms with Gasteiger partial charge >= 0.3 is 0 Å². The molecular weight excluding hydrogens is 488 g/mol. The van der Waals surface area contributed by atoms with Crippen LogP contribution in [0.25, 0.3) is 11.0 Å². The molecule has 0 bridgehead atoms. The molecule has 0 saturated heterocycles. The van der Waals surface area contributed by atoms with Gasteiger partial charge in [-0.25, -0.2) is 13.8 Å². The van der Waals surface area contributed by atoms with E-state index in [0.29, 0.717) is 31.4 Å². The van der Waals surface area contributed by atoms with Crippen molar-refractivity contribution in [1.29, 1.82) is 0 Å². The second kappa shape index (κ2) is 10.7. The van der Waals surface area contributed by atoms with Crippen molar-refractivity contribution in [2.24, 2.45) is 16.0 Å². The summed E-state index contributed by atoms with van der Waals surface area (Å²) in [5.41, 5.74) is 6.28. The zero-order valence-electron chi connectivity index (χ0n) is 21.2. The van der Waals surface area contributed by atoms with Gasteiger partial charge in [0.25, 0.3) is 15.9 Å². The molecule has 2 aromatic rings. The van der Waals surface area contributed by atoms with E-state index >= 15 is 0 Å². The summed E-state index contributed by atoms with van der Waals surface area (Å²) in [4.78, 5) is 16.8. The molecule has 0 aliphatic heterocycles. The van der Waals surface area contributed by atoms with Gasteiger partial charge in [-0.3, -0.25) is 4.79 Å². The normalized spacial score (nSPS) is 17.7. The number of benzene rings is 1. The van der Waals surface area contributed by atoms with Gasteiger partial charge in [-0.1, -0.05) is 27.7 Å². The summed E-state index contributed by atoms with van der Waals surface area (Å²) in [6, 6.07) is 4.56. The molecular formula is C25H35F2N5O3S. The highest BCUT2D eigenvalue weighted by Gasteiger charge is 2.36. The second-order valence-electron chi connectivity index (χ2n) is 10.3. The lowest BCUT2D eigenvalue weighted by atomic mass is 9.86. The summed E-state index contributed by atoms with van der Waals surface area (Å²) in [7, 11) is -4.13. The zero-order valence-corrected chi connectivity index (χ0v) is 22.0. The SMILES string of the molecule is CCCNC(=O)C(C=NS(=O)(=O)c1ccc2c(c1)nc(C(C)(C)C)n2CC1CCC(F)(F)CC1)=CN. The number of rotatable bonds is 8. The molecule has 1 fully saturated rings. The molecule has 0 spiro atoms. The molecule has 1 heterocycles. The van der Waals surface area contributed by atoms with Gasteiger partial charge in [-0.15, -0.1) is 0 Å². The van der Waals surface area contributed by atoms with E-state index in [1.165, 1.54) is 12.1 Å². The number of alkyl halides is 2. The summed E-state index contributed by atoms with van der Waals surface area (Å²) in [5.74, 6) is -2.26. The van der Waals surface area contributed by atoms with Crippen LogP contribution in [0.15, 0.2) is 39.3 Å². The van der Waals surface area contributed by atoms with E-state index in [1.807, 2.05) is 32.3 Å². The van der Waals surface area contributed by atoms with E-state index in [9.17, 15) is 22.0 Å². The van der Waals surface area contributed by atoms with Crippen molar-refractivity contribution >= 4 is 33.2 Å². The Morgan fingerprint density at radius 3 is 2.56 bits per heavy atom. The van der Waals surface area contributed by atoms with Gasteiger partial charge in [-0.05, 0) is 43.4 Å². The standard InChI is InChI=1S/C25H35F2N5O3S/c1-5-12-29-22(33)18(14-28)15-30-36(34,35)19-6-7-21-20(13-19)31-23(24(2,3)4)32(21)16-17-8-10-25(26,27)11-9-17/h6-7,13-15,17H,5,8-12,16,28H2,1-4H3,(H,29,33). The van der Waals surface area contributed by atoms with Crippen LogP contribution in [0, 0.1) is 5.92 Å². The van der Waals surface area contributed by atoms with Crippen LogP contribution in [-0.2, 0) is 26.8 Å². The molecule has 3 N–H and O–H groups in total. The average Bonchev–Trinajstić information content (AvgIpc) is 3.17. The monoisotopic (exact) mass is 523 g/mol. The molecule has 8 nitrogen and oxygen atoms in total. The van der Waals surface area contributed by atoms with Crippen LogP contribution in [0.4, 0.5) is 8.78 Å². The van der Waals surface area contributed by atoms with Crippen molar-refractivity contribution in [3.63, 3.8) is 0 Å². The predicted octanol–water partition coefficient (Wildman–Crippen LogP) is 4.29. The van der Waals surface area contributed by atoms with Gasteiger partial charge in [0.2, 0.25) is 5.92 Å². The van der Waals surface area contributed by atoms with Crippen LogP contribution in [0.5, 0.6) is 0 Å². The summed E-state index contributed by atoms with van der Waals surface area (Å²) < 4.78 is 58.8. The fourth-order valence-corrected chi connectivity index (χ4v) is 5.15. The molecule has 198 valence electrons. The number of fused-ring (bicyclic) bond motifs is 1. The van der Waals surface area contributed by atoms with Crippen LogP contribution >= 0.6 is 0 Å². The molecule has 0 radical (unpaired) electrons. The molecule has 0 unspecified atom stereocenters. The van der Waals surface area contributed by atoms with Crippen LogP contribution in [0.1, 0.15) is 65.6 Å². The third kappa shape index (κ3) is 6.48. The largest absolute Gasteiger partial charge is 0.404 e. The quantitative estimate of drug-likeness (QED) is 0.395. The Morgan fingerprint density at radius 1 is 1.31 bits per heavy atom. The number of imidazole rings is 1. The fraction of sp³-hybridized carbons (Fsp3) is 0.560. The first kappa shape index (κ1) is 27.8. The highest BCUT2D eigenvalue weighted by atomic mass is 32.2. The van der Waals surface area contributed by atoms with Gasteiger partial charge in [-0.2, -0.15) is 12.8 Å². The van der Waals surface area contributed by atoms with Crippen LogP contribution < -0.4 is 11.1 Å². The zero-order chi connectivity index (χ0) is 26.7. The number of carbonyl (C=O) groups is 1. The number of hydrogen-bond acceptors (Lipinski definition) is 5. The van der Waals surface area contributed by atoms with Crippen molar-refractivity contribution in [2.75, 3.05) is 6.54 Å². The minimum Gasteiger partial charge on any atom is -0.404 e. The van der Waals surface area contributed by atoms with Gasteiger partial charge in [0.05, 0.1) is 27.7 Å². The fourth-order valence-electron chi connectivity index (χ4n) is 4.27. The van der Waals surface area contributed by atoms with E-state index < -0.39 is 21.9 Å². The molecule has 1 aromatic heterocycles. The first-order chi connectivity index (χ1) is 16.8. The highest BCUT2D eigenvalue weighted by molar-refractivity contribution is 7.90. The Hall–Kier alpha value is -2.82. The van der Waals surface area contributed by atoms with Gasteiger partial charge in [0.1, 0.15) is 5.82 Å². The second-order valence-corrected chi connectivity index (χ2v) is 12.0. The van der Waals surface area contributed by atoms with Crippen molar-refractivity contribution in [2.45, 2.75) is 82.6 Å². The summed E-state index contributed by atoms with van der Waals surface area (Å²) in [6.07, 6.45) is 3.28. The molecule has 1 aliphatic carbocycles. The average molecular weight is 524 g/mol. The van der Waals surface area contributed by atoms with Crippen molar-refractivity contribution in [3.8, 4) is 0 Å². The number of amides is 1. The first-order valence-corrected chi connectivity index (χ1v) is 13.6. The van der Waals surface area contributed by atoms with E-state index in [4.69, 9.17) is 10.7 Å². The maximum absolute atomic E-state index is 13.6.